The molecule has 2 amide bonds. The zero-order valence-corrected chi connectivity index (χ0v) is 13.3. The Bertz CT molecular complexity index is 249. The Balaban J connectivity index is 3.61. The van der Waals surface area contributed by atoms with Crippen LogP contribution in [-0.2, 0) is 4.79 Å². The molecule has 5 nitrogen and oxygen atoms in total. The Morgan fingerprint density at radius 1 is 1.28 bits per heavy atom. The van der Waals surface area contributed by atoms with E-state index in [-0.39, 0.29) is 22.5 Å². The number of carbonyl (C=O) groups excluding carboxylic acids is 2. The molecule has 0 fully saturated rings. The fraction of sp³-hybridized carbons (Fsp3) is 0.833. The molecule has 1 unspecified atom stereocenters. The number of hydrogen-bond acceptors (Lipinski definition) is 3. The summed E-state index contributed by atoms with van der Waals surface area (Å²) in [5.41, 5.74) is 0. The van der Waals surface area contributed by atoms with E-state index in [9.17, 15) is 9.59 Å². The Morgan fingerprint density at radius 2 is 2.00 bits per heavy atom. The van der Waals surface area contributed by atoms with E-state index in [4.69, 9.17) is 5.11 Å². The molecule has 0 spiro atoms. The molecule has 3 N–H and O–H groups in total. The van der Waals surface area contributed by atoms with Gasteiger partial charge in [0.05, 0.1) is 0 Å². The van der Waals surface area contributed by atoms with Crippen molar-refractivity contribution in [3.8, 4) is 0 Å². The maximum absolute atomic E-state index is 11.4. The molecule has 108 valence electrons. The van der Waals surface area contributed by atoms with Gasteiger partial charge in [0.1, 0.15) is 0 Å². The zero-order chi connectivity index (χ0) is 13.8. The number of amides is 2. The molecule has 0 aromatic carbocycles. The Labute approximate surface area is 119 Å². The summed E-state index contributed by atoms with van der Waals surface area (Å²) in [4.78, 5) is 22.4. The molecule has 0 bridgehead atoms. The third-order valence-corrected chi connectivity index (χ3v) is 4.18. The summed E-state index contributed by atoms with van der Waals surface area (Å²) in [5.74, 6) is 0.0645. The van der Waals surface area contributed by atoms with Gasteiger partial charge in [0.25, 0.3) is 0 Å². The summed E-state index contributed by atoms with van der Waals surface area (Å²) in [6.45, 7) is 4.47. The Morgan fingerprint density at radius 3 is 2.56 bits per heavy atom. The van der Waals surface area contributed by atoms with Crippen LogP contribution in [0.2, 0.25) is 0 Å². The molecule has 0 aliphatic carbocycles. The first kappa shape index (κ1) is 17.6. The summed E-state index contributed by atoms with van der Waals surface area (Å²) < 4.78 is 1.03. The second-order valence-electron chi connectivity index (χ2n) is 3.90. The van der Waals surface area contributed by atoms with Crippen molar-refractivity contribution in [2.45, 2.75) is 45.6 Å². The molecule has 18 heavy (non-hydrogen) atoms. The number of carbonyl (C=O) groups is 2. The number of halogens is 1. The van der Waals surface area contributed by atoms with Crippen molar-refractivity contribution in [2.24, 2.45) is 0 Å². The molecule has 0 saturated heterocycles. The first-order valence-electron chi connectivity index (χ1n) is 6.41. The van der Waals surface area contributed by atoms with E-state index in [1.165, 1.54) is 0 Å². The Kier molecular flexibility index (Phi) is 11.5. The number of hydrogen-bond donors (Lipinski definition) is 3. The van der Waals surface area contributed by atoms with Gasteiger partial charge < -0.3 is 0 Å². The van der Waals surface area contributed by atoms with Gasteiger partial charge in [-0.15, -0.1) is 0 Å². The minimum absolute atomic E-state index is 0.0134. The van der Waals surface area contributed by atoms with Gasteiger partial charge in [0.15, 0.2) is 0 Å². The second kappa shape index (κ2) is 11.7. The van der Waals surface area contributed by atoms with Crippen LogP contribution in [0.4, 0.5) is 4.79 Å². The fourth-order valence-corrected chi connectivity index (χ4v) is 2.75. The number of rotatable bonds is 10. The zero-order valence-electron chi connectivity index (χ0n) is 11.2. The van der Waals surface area contributed by atoms with Crippen LogP contribution in [0.3, 0.4) is 0 Å². The molecule has 0 aliphatic rings. The van der Waals surface area contributed by atoms with Gasteiger partial charge in [-0.2, -0.15) is 0 Å². The number of aliphatic hydroxyl groups is 1. The summed E-state index contributed by atoms with van der Waals surface area (Å²) in [7, 11) is 0. The molecule has 0 radical (unpaired) electrons. The maximum atomic E-state index is 11.4. The van der Waals surface area contributed by atoms with Crippen molar-refractivity contribution >= 4 is 9.82 Å². The molecule has 6 heteroatoms. The molecule has 0 saturated carbocycles. The van der Waals surface area contributed by atoms with Crippen molar-refractivity contribution in [1.29, 1.82) is 0 Å². The number of alkyl halides is 1. The van der Waals surface area contributed by atoms with Crippen LogP contribution >= 0.6 is 0 Å². The van der Waals surface area contributed by atoms with Gasteiger partial charge in [-0.1, -0.05) is 0 Å². The van der Waals surface area contributed by atoms with E-state index in [2.05, 4.69) is 10.6 Å². The topological polar surface area (TPSA) is 78.4 Å². The van der Waals surface area contributed by atoms with Crippen molar-refractivity contribution < 1.29 is 35.9 Å². The molecule has 0 heterocycles. The second-order valence-corrected chi connectivity index (χ2v) is 7.17. The van der Waals surface area contributed by atoms with Crippen molar-refractivity contribution in [1.82, 2.24) is 10.6 Å². The van der Waals surface area contributed by atoms with Crippen molar-refractivity contribution in [2.75, 3.05) is 17.6 Å². The van der Waals surface area contributed by atoms with Gasteiger partial charge in [-0.05, 0) is 0 Å². The van der Waals surface area contributed by atoms with E-state index in [1.807, 2.05) is 13.8 Å². The van der Waals surface area contributed by atoms with Crippen molar-refractivity contribution in [3.05, 3.63) is 0 Å². The third-order valence-electron chi connectivity index (χ3n) is 2.42. The average Bonchev–Trinajstić information content (AvgIpc) is 2.36. The van der Waals surface area contributed by atoms with E-state index in [1.54, 1.807) is 0 Å². The van der Waals surface area contributed by atoms with Gasteiger partial charge >= 0.3 is 120 Å². The monoisotopic (exact) mass is 371 g/mol. The SMILES string of the molecule is CC[I-]C(=O)NC(CO)CCCCNC(=O)CC. The molecule has 1 atom stereocenters. The molecular formula is C12H24IN2O3-. The molecule has 0 aromatic heterocycles. The summed E-state index contributed by atoms with van der Waals surface area (Å²) in [5, 5.41) is 14.8. The molecule has 0 aromatic rings. The average molecular weight is 371 g/mol. The fourth-order valence-electron chi connectivity index (χ4n) is 1.40. The molecule has 0 aliphatic heterocycles. The number of aliphatic hydroxyl groups excluding tert-OH is 1. The van der Waals surface area contributed by atoms with Crippen LogP contribution in [0.25, 0.3) is 0 Å². The van der Waals surface area contributed by atoms with Gasteiger partial charge in [-0.3, -0.25) is 0 Å². The molecule has 0 rings (SSSR count). The normalized spacial score (nSPS) is 12.2. The van der Waals surface area contributed by atoms with Crippen LogP contribution in [0.1, 0.15) is 39.5 Å². The van der Waals surface area contributed by atoms with Crippen LogP contribution in [0.15, 0.2) is 0 Å². The Hall–Kier alpha value is -0.370. The predicted octanol–water partition coefficient (Wildman–Crippen LogP) is -2.14. The summed E-state index contributed by atoms with van der Waals surface area (Å²) >= 11 is -0.427. The first-order chi connectivity index (χ1) is 8.63. The standard InChI is InChI=1S/C12H24IN2O3/c1-3-11(17)14-8-6-5-7-10(9-16)15-12(18)13-4-2/h10,16H,3-9H2,1-2H3,(H,14,17)(H,15,18)/q-1. The van der Waals surface area contributed by atoms with Gasteiger partial charge in [0.2, 0.25) is 0 Å². The van der Waals surface area contributed by atoms with Crippen LogP contribution in [-0.4, -0.2) is 38.5 Å². The number of nitrogens with one attached hydrogen (secondary N) is 2. The van der Waals surface area contributed by atoms with E-state index in [0.717, 1.165) is 23.7 Å². The summed E-state index contributed by atoms with van der Waals surface area (Å²) in [6, 6.07) is -0.134. The van der Waals surface area contributed by atoms with Crippen LogP contribution < -0.4 is 31.8 Å². The van der Waals surface area contributed by atoms with Gasteiger partial charge in [0, 0.05) is 0 Å². The number of unbranched alkanes of at least 4 members (excludes halogenated alkanes) is 1. The van der Waals surface area contributed by atoms with E-state index in [0.29, 0.717) is 13.0 Å². The van der Waals surface area contributed by atoms with E-state index >= 15 is 0 Å². The minimum atomic E-state index is -0.427. The third kappa shape index (κ3) is 9.64. The predicted molar refractivity (Wildman–Crippen MR) is 67.1 cm³/mol. The van der Waals surface area contributed by atoms with E-state index < -0.39 is 21.2 Å². The quantitative estimate of drug-likeness (QED) is 0.135. The van der Waals surface area contributed by atoms with Gasteiger partial charge in [-0.25, -0.2) is 0 Å². The van der Waals surface area contributed by atoms with Crippen LogP contribution in [0, 0.1) is 0 Å². The molecular weight excluding hydrogens is 347 g/mol. The summed E-state index contributed by atoms with van der Waals surface area (Å²) in [6.07, 6.45) is 3.04. The first-order valence-corrected chi connectivity index (χ1v) is 9.01. The van der Waals surface area contributed by atoms with Crippen LogP contribution in [0.5, 0.6) is 0 Å². The van der Waals surface area contributed by atoms with Crippen molar-refractivity contribution in [3.63, 3.8) is 0 Å².